The van der Waals surface area contributed by atoms with Gasteiger partial charge in [0.15, 0.2) is 5.96 Å². The Morgan fingerprint density at radius 2 is 2.00 bits per heavy atom. The molecule has 1 aromatic carbocycles. The molecule has 0 saturated carbocycles. The summed E-state index contributed by atoms with van der Waals surface area (Å²) in [5, 5.41) is 40.2. The number of nitrogens with one attached hydrogen (secondary N) is 4. The van der Waals surface area contributed by atoms with Crippen molar-refractivity contribution in [1.82, 2.24) is 20.9 Å². The molecule has 2 aliphatic heterocycles. The number of aliphatic hydroxyl groups is 1. The van der Waals surface area contributed by atoms with E-state index in [0.717, 1.165) is 5.56 Å². The molecule has 1 unspecified atom stereocenters. The first-order chi connectivity index (χ1) is 19.7. The molecule has 13 nitrogen and oxygen atoms in total. The number of anilines is 1. The van der Waals surface area contributed by atoms with Crippen LogP contribution < -0.4 is 21.3 Å². The summed E-state index contributed by atoms with van der Waals surface area (Å²) in [7, 11) is 0. The van der Waals surface area contributed by atoms with Gasteiger partial charge in [0.1, 0.15) is 0 Å². The Labute approximate surface area is 244 Å². The van der Waals surface area contributed by atoms with Gasteiger partial charge in [-0.05, 0) is 42.2 Å². The number of carbonyl (C=O) groups is 3. The van der Waals surface area contributed by atoms with E-state index in [2.05, 4.69) is 53.2 Å². The highest BCUT2D eigenvalue weighted by molar-refractivity contribution is 9.10. The Balaban J connectivity index is 1.42. The number of carboxylic acid groups (broad SMARTS) is 1. The smallest absolute Gasteiger partial charge is 0.305 e. The molecular formula is C27H30BrN7O6. The maximum atomic E-state index is 12.8. The Morgan fingerprint density at radius 1 is 1.22 bits per heavy atom. The van der Waals surface area contributed by atoms with Gasteiger partial charge in [-0.3, -0.25) is 24.4 Å². The zero-order valence-corrected chi connectivity index (χ0v) is 23.6. The molecule has 1 fully saturated rings. The van der Waals surface area contributed by atoms with Gasteiger partial charge in [0, 0.05) is 30.4 Å². The summed E-state index contributed by atoms with van der Waals surface area (Å²) in [6.07, 6.45) is 2.88. The highest BCUT2D eigenvalue weighted by Crippen LogP contribution is 2.37. The van der Waals surface area contributed by atoms with E-state index in [0.29, 0.717) is 54.3 Å². The number of carbonyl (C=O) groups excluding carboxylic acids is 2. The van der Waals surface area contributed by atoms with E-state index < -0.39 is 48.3 Å². The fourth-order valence-corrected chi connectivity index (χ4v) is 5.10. The number of aliphatic imine (C=N–C) groups is 1. The number of rotatable bonds is 9. The van der Waals surface area contributed by atoms with Crippen LogP contribution in [0.2, 0.25) is 0 Å². The van der Waals surface area contributed by atoms with Crippen LogP contribution in [0.3, 0.4) is 0 Å². The van der Waals surface area contributed by atoms with Crippen LogP contribution >= 0.6 is 15.9 Å². The number of nitriles is 1. The van der Waals surface area contributed by atoms with E-state index in [1.54, 1.807) is 12.1 Å². The first kappa shape index (κ1) is 29.9. The SMILES string of the molecule is N#CC1(c2cc(Br)cc([C@H](CC(=O)O)NC(=O)CNC(=O)c3cncc(NC4=NCC(O)CN4)c3)c2)CCOCC1. The number of benzene rings is 1. The Morgan fingerprint density at radius 3 is 2.68 bits per heavy atom. The summed E-state index contributed by atoms with van der Waals surface area (Å²) in [6.45, 7) is 1.06. The van der Waals surface area contributed by atoms with Crippen LogP contribution in [0.5, 0.6) is 0 Å². The number of halogens is 1. The number of guanidine groups is 1. The van der Waals surface area contributed by atoms with Gasteiger partial charge in [0.2, 0.25) is 5.91 Å². The number of carboxylic acids is 1. The normalized spacial score (nSPS) is 18.6. The summed E-state index contributed by atoms with van der Waals surface area (Å²) in [5.41, 5.74) is 1.14. The predicted molar refractivity (Wildman–Crippen MR) is 151 cm³/mol. The second kappa shape index (κ2) is 13.5. The van der Waals surface area contributed by atoms with Crippen LogP contribution in [0.25, 0.3) is 0 Å². The number of hydrogen-bond donors (Lipinski definition) is 6. The zero-order chi connectivity index (χ0) is 29.4. The van der Waals surface area contributed by atoms with Gasteiger partial charge in [0.25, 0.3) is 5.91 Å². The maximum absolute atomic E-state index is 12.8. The van der Waals surface area contributed by atoms with Gasteiger partial charge in [0.05, 0.1) is 60.6 Å². The monoisotopic (exact) mass is 627 g/mol. The molecule has 3 heterocycles. The van der Waals surface area contributed by atoms with Gasteiger partial charge in [-0.25, -0.2) is 0 Å². The van der Waals surface area contributed by atoms with E-state index in [4.69, 9.17) is 4.74 Å². The van der Waals surface area contributed by atoms with Crippen LogP contribution in [0.4, 0.5) is 5.69 Å². The summed E-state index contributed by atoms with van der Waals surface area (Å²) in [4.78, 5) is 45.4. The second-order valence-electron chi connectivity index (χ2n) is 9.79. The lowest BCUT2D eigenvalue weighted by Crippen LogP contribution is -2.42. The van der Waals surface area contributed by atoms with Crippen LogP contribution in [-0.2, 0) is 19.7 Å². The predicted octanol–water partition coefficient (Wildman–Crippen LogP) is 1.21. The minimum absolute atomic E-state index is 0.191. The van der Waals surface area contributed by atoms with Gasteiger partial charge >= 0.3 is 5.97 Å². The number of aromatic nitrogens is 1. The van der Waals surface area contributed by atoms with Crippen molar-refractivity contribution >= 4 is 45.4 Å². The van der Waals surface area contributed by atoms with E-state index >= 15 is 0 Å². The van der Waals surface area contributed by atoms with E-state index in [1.807, 2.05) is 6.07 Å². The van der Waals surface area contributed by atoms with Crippen LogP contribution in [-0.4, -0.2) is 77.9 Å². The number of aliphatic hydroxyl groups excluding tert-OH is 1. The van der Waals surface area contributed by atoms with E-state index in [1.165, 1.54) is 18.5 Å². The van der Waals surface area contributed by atoms with Crippen molar-refractivity contribution in [1.29, 1.82) is 5.26 Å². The summed E-state index contributed by atoms with van der Waals surface area (Å²) in [6, 6.07) is 8.32. The number of amides is 2. The average molecular weight is 628 g/mol. The molecule has 1 aromatic heterocycles. The molecule has 2 amide bonds. The lowest BCUT2D eigenvalue weighted by molar-refractivity contribution is -0.137. The van der Waals surface area contributed by atoms with Crippen molar-refractivity contribution in [2.75, 3.05) is 38.2 Å². The number of pyridine rings is 1. The average Bonchev–Trinajstić information content (AvgIpc) is 2.96. The van der Waals surface area contributed by atoms with Crippen molar-refractivity contribution in [3.63, 3.8) is 0 Å². The number of nitrogens with zero attached hydrogens (tertiary/aromatic N) is 3. The van der Waals surface area contributed by atoms with Crippen LogP contribution in [0.1, 0.15) is 46.8 Å². The fourth-order valence-electron chi connectivity index (χ4n) is 4.59. The Bertz CT molecular complexity index is 1370. The topological polar surface area (TPSA) is 198 Å². The first-order valence-corrected chi connectivity index (χ1v) is 13.7. The Hall–Kier alpha value is -4.06. The number of aliphatic carboxylic acids is 1. The lowest BCUT2D eigenvalue weighted by atomic mass is 9.75. The quantitative estimate of drug-likeness (QED) is 0.235. The van der Waals surface area contributed by atoms with Crippen molar-refractivity contribution in [2.24, 2.45) is 4.99 Å². The molecule has 14 heteroatoms. The zero-order valence-electron chi connectivity index (χ0n) is 22.0. The molecule has 216 valence electrons. The van der Waals surface area contributed by atoms with Crippen molar-refractivity contribution in [2.45, 2.75) is 36.8 Å². The molecular weight excluding hydrogens is 598 g/mol. The number of ether oxygens (including phenoxy) is 1. The standard InChI is InChI=1S/C27H30BrN7O6/c28-19-6-16(5-18(8-19)27(15-29)1-3-41-4-2-27)22(9-24(38)39)35-23(37)14-31-25(40)17-7-20(11-30-10-17)34-26-32-12-21(36)13-33-26/h5-8,10-11,21-22,36H,1-4,9,12-14H2,(H,31,40)(H,35,37)(H,38,39)(H2,32,33,34)/t22-/m0/s1. The van der Waals surface area contributed by atoms with Crippen LogP contribution in [0.15, 0.2) is 46.1 Å². The summed E-state index contributed by atoms with van der Waals surface area (Å²) >= 11 is 3.46. The first-order valence-electron chi connectivity index (χ1n) is 13.0. The number of β-amino-alcohol motifs (C(OH)–C–C–N with tert-alkyl or cyclic N) is 1. The molecule has 2 aliphatic rings. The maximum Gasteiger partial charge on any atom is 0.305 e. The van der Waals surface area contributed by atoms with E-state index in [9.17, 15) is 29.9 Å². The van der Waals surface area contributed by atoms with Gasteiger partial charge in [-0.15, -0.1) is 0 Å². The third-order valence-electron chi connectivity index (χ3n) is 6.79. The molecule has 0 aliphatic carbocycles. The molecule has 0 bridgehead atoms. The summed E-state index contributed by atoms with van der Waals surface area (Å²) in [5.74, 6) is -1.83. The number of hydrogen-bond acceptors (Lipinski definition) is 10. The second-order valence-corrected chi connectivity index (χ2v) is 10.7. The van der Waals surface area contributed by atoms with Crippen molar-refractivity contribution in [3.05, 3.63) is 57.8 Å². The Kier molecular flexibility index (Phi) is 9.87. The van der Waals surface area contributed by atoms with Gasteiger partial charge in [-0.1, -0.05) is 22.0 Å². The molecule has 2 aromatic rings. The molecule has 0 radical (unpaired) electrons. The molecule has 41 heavy (non-hydrogen) atoms. The molecule has 0 spiro atoms. The molecule has 1 saturated heterocycles. The van der Waals surface area contributed by atoms with Crippen LogP contribution in [0, 0.1) is 11.3 Å². The lowest BCUT2D eigenvalue weighted by Gasteiger charge is -2.32. The fraction of sp³-hybridized carbons (Fsp3) is 0.407. The third kappa shape index (κ3) is 8.00. The minimum Gasteiger partial charge on any atom is -0.481 e. The molecule has 2 atom stereocenters. The minimum atomic E-state index is -1.12. The van der Waals surface area contributed by atoms with Gasteiger partial charge in [-0.2, -0.15) is 5.26 Å². The largest absolute Gasteiger partial charge is 0.481 e. The highest BCUT2D eigenvalue weighted by atomic mass is 79.9. The van der Waals surface area contributed by atoms with Crippen molar-refractivity contribution in [3.8, 4) is 6.07 Å². The third-order valence-corrected chi connectivity index (χ3v) is 7.25. The van der Waals surface area contributed by atoms with E-state index in [-0.39, 0.29) is 12.1 Å². The van der Waals surface area contributed by atoms with Crippen molar-refractivity contribution < 1.29 is 29.3 Å². The molecule has 4 rings (SSSR count). The summed E-state index contributed by atoms with van der Waals surface area (Å²) < 4.78 is 6.08. The molecule has 6 N–H and O–H groups in total. The highest BCUT2D eigenvalue weighted by Gasteiger charge is 2.35. The van der Waals surface area contributed by atoms with Gasteiger partial charge < -0.3 is 36.2 Å².